The number of benzene rings is 1. The number of para-hydroxylation sites is 1. The summed E-state index contributed by atoms with van der Waals surface area (Å²) in [6.45, 7) is -0.140. The van der Waals surface area contributed by atoms with E-state index in [4.69, 9.17) is 0 Å². The number of anilines is 1. The summed E-state index contributed by atoms with van der Waals surface area (Å²) in [5, 5.41) is 6.15. The van der Waals surface area contributed by atoms with E-state index in [1.54, 1.807) is 0 Å². The molecule has 1 heterocycles. The molecule has 0 aromatic heterocycles. The summed E-state index contributed by atoms with van der Waals surface area (Å²) in [6.07, 6.45) is 11.3. The fourth-order valence-electron chi connectivity index (χ4n) is 2.59. The largest absolute Gasteiger partial charge is 0.355 e. The summed E-state index contributed by atoms with van der Waals surface area (Å²) in [6, 6.07) is 7.81. The van der Waals surface area contributed by atoms with Gasteiger partial charge in [-0.25, -0.2) is 0 Å². The molecule has 3 rings (SSSR count). The van der Waals surface area contributed by atoms with Crippen LogP contribution in [0.5, 0.6) is 0 Å². The fraction of sp³-hybridized carbons (Fsp3) is 0.167. The van der Waals surface area contributed by atoms with Crippen LogP contribution in [0.3, 0.4) is 0 Å². The van der Waals surface area contributed by atoms with E-state index in [1.807, 2.05) is 54.6 Å². The summed E-state index contributed by atoms with van der Waals surface area (Å²) in [5.41, 5.74) is 3.64. The maximum Gasteiger partial charge on any atom is 0.192 e. The average molecular weight is 292 g/mol. The molecule has 1 aromatic carbocycles. The van der Waals surface area contributed by atoms with Gasteiger partial charge in [0.25, 0.3) is 0 Å². The molecule has 4 nitrogen and oxygen atoms in total. The Balaban J connectivity index is 1.97. The molecule has 1 N–H and O–H groups in total. The molecule has 0 atom stereocenters. The standard InChI is InChI=1S/C18H16N2O2/c21-18(14-7-2-1-3-8-14)15(12-19-22)17-11-10-13-6-4-5-9-16(13)20-17/h2,4-11,20H,1,3,12H2/b17-15+. The van der Waals surface area contributed by atoms with E-state index < -0.39 is 0 Å². The van der Waals surface area contributed by atoms with Gasteiger partial charge in [0.15, 0.2) is 5.78 Å². The number of rotatable bonds is 4. The Kier molecular flexibility index (Phi) is 4.10. The van der Waals surface area contributed by atoms with E-state index in [0.717, 1.165) is 24.1 Å². The van der Waals surface area contributed by atoms with Crippen molar-refractivity contribution in [1.29, 1.82) is 0 Å². The Morgan fingerprint density at radius 1 is 1.14 bits per heavy atom. The van der Waals surface area contributed by atoms with Gasteiger partial charge in [0.1, 0.15) is 6.54 Å². The maximum atomic E-state index is 12.6. The second-order valence-electron chi connectivity index (χ2n) is 5.19. The third kappa shape index (κ3) is 2.81. The van der Waals surface area contributed by atoms with Crippen molar-refractivity contribution in [1.82, 2.24) is 0 Å². The van der Waals surface area contributed by atoms with Crippen LogP contribution in [0.4, 0.5) is 5.69 Å². The Labute approximate surface area is 128 Å². The number of nitroso groups, excluding NO2 is 1. The number of hydrogen-bond acceptors (Lipinski definition) is 4. The zero-order valence-electron chi connectivity index (χ0n) is 12.1. The number of nitrogens with one attached hydrogen (secondary N) is 1. The first-order chi connectivity index (χ1) is 10.8. The Hall–Kier alpha value is -2.75. The van der Waals surface area contributed by atoms with Crippen LogP contribution in [-0.2, 0) is 4.79 Å². The third-order valence-corrected chi connectivity index (χ3v) is 3.74. The molecule has 0 fully saturated rings. The zero-order chi connectivity index (χ0) is 15.4. The molecule has 1 aliphatic heterocycles. The SMILES string of the molecule is O=NC/C(C(=O)C1=CCCC=C1)=C1/C=Cc2ccccc2N1. The van der Waals surface area contributed by atoms with E-state index in [-0.39, 0.29) is 12.3 Å². The Morgan fingerprint density at radius 2 is 2.00 bits per heavy atom. The Morgan fingerprint density at radius 3 is 2.77 bits per heavy atom. The van der Waals surface area contributed by atoms with Crippen molar-refractivity contribution in [2.45, 2.75) is 12.8 Å². The number of ketones is 1. The second kappa shape index (κ2) is 6.35. The monoisotopic (exact) mass is 292 g/mol. The van der Waals surface area contributed by atoms with Crippen molar-refractivity contribution in [2.75, 3.05) is 11.9 Å². The topological polar surface area (TPSA) is 58.5 Å². The van der Waals surface area contributed by atoms with E-state index in [0.29, 0.717) is 16.8 Å². The minimum Gasteiger partial charge on any atom is -0.355 e. The van der Waals surface area contributed by atoms with E-state index in [2.05, 4.69) is 10.5 Å². The first kappa shape index (κ1) is 14.2. The molecule has 2 aliphatic rings. The van der Waals surface area contributed by atoms with Crippen LogP contribution in [0.1, 0.15) is 18.4 Å². The summed E-state index contributed by atoms with van der Waals surface area (Å²) in [7, 11) is 0. The van der Waals surface area contributed by atoms with Crippen molar-refractivity contribution < 1.29 is 4.79 Å². The molecule has 4 heteroatoms. The van der Waals surface area contributed by atoms with Gasteiger partial charge in [0, 0.05) is 22.5 Å². The molecule has 0 radical (unpaired) electrons. The number of nitrogens with zero attached hydrogens (tertiary/aromatic N) is 1. The van der Waals surface area contributed by atoms with Gasteiger partial charge >= 0.3 is 0 Å². The molecule has 0 saturated carbocycles. The number of carbonyl (C=O) groups excluding carboxylic acids is 1. The van der Waals surface area contributed by atoms with Crippen molar-refractivity contribution >= 4 is 17.5 Å². The number of fused-ring (bicyclic) bond motifs is 1. The highest BCUT2D eigenvalue weighted by atomic mass is 16.3. The number of allylic oxidation sites excluding steroid dienone is 5. The predicted octanol–water partition coefficient (Wildman–Crippen LogP) is 3.99. The normalized spacial score (nSPS) is 18.1. The van der Waals surface area contributed by atoms with Crippen LogP contribution >= 0.6 is 0 Å². The van der Waals surface area contributed by atoms with Crippen molar-refractivity contribution in [3.05, 3.63) is 75.9 Å². The lowest BCUT2D eigenvalue weighted by Crippen LogP contribution is -2.16. The highest BCUT2D eigenvalue weighted by Crippen LogP contribution is 2.27. The highest BCUT2D eigenvalue weighted by molar-refractivity contribution is 6.11. The summed E-state index contributed by atoms with van der Waals surface area (Å²) in [4.78, 5) is 23.4. The molecule has 0 unspecified atom stereocenters. The number of carbonyl (C=O) groups is 1. The van der Waals surface area contributed by atoms with Gasteiger partial charge in [-0.2, -0.15) is 4.91 Å². The second-order valence-corrected chi connectivity index (χ2v) is 5.19. The first-order valence-corrected chi connectivity index (χ1v) is 7.27. The van der Waals surface area contributed by atoms with Gasteiger partial charge in [0.2, 0.25) is 0 Å². The maximum absolute atomic E-state index is 12.6. The predicted molar refractivity (Wildman–Crippen MR) is 88.3 cm³/mol. The highest BCUT2D eigenvalue weighted by Gasteiger charge is 2.20. The molecule has 22 heavy (non-hydrogen) atoms. The summed E-state index contributed by atoms with van der Waals surface area (Å²) in [5.74, 6) is -0.137. The van der Waals surface area contributed by atoms with Gasteiger partial charge in [-0.1, -0.05) is 47.7 Å². The van der Waals surface area contributed by atoms with Crippen molar-refractivity contribution in [3.63, 3.8) is 0 Å². The lowest BCUT2D eigenvalue weighted by Gasteiger charge is -2.18. The Bertz CT molecular complexity index is 739. The molecule has 0 spiro atoms. The van der Waals surface area contributed by atoms with Crippen molar-refractivity contribution in [3.8, 4) is 0 Å². The van der Waals surface area contributed by atoms with E-state index in [9.17, 15) is 9.70 Å². The van der Waals surface area contributed by atoms with Crippen LogP contribution < -0.4 is 5.32 Å². The van der Waals surface area contributed by atoms with Gasteiger partial charge in [-0.15, -0.1) is 0 Å². The number of Topliss-reactive ketones (excluding diaryl/α,β-unsaturated/α-hetero) is 1. The molecule has 0 bridgehead atoms. The smallest absolute Gasteiger partial charge is 0.192 e. The third-order valence-electron chi connectivity index (χ3n) is 3.74. The van der Waals surface area contributed by atoms with Gasteiger partial charge in [-0.05, 0) is 30.5 Å². The van der Waals surface area contributed by atoms with E-state index in [1.165, 1.54) is 0 Å². The van der Waals surface area contributed by atoms with Crippen LogP contribution in [0, 0.1) is 4.91 Å². The minimum atomic E-state index is -0.140. The molecular formula is C18H16N2O2. The molecule has 110 valence electrons. The lowest BCUT2D eigenvalue weighted by molar-refractivity contribution is -0.112. The quantitative estimate of drug-likeness (QED) is 0.674. The first-order valence-electron chi connectivity index (χ1n) is 7.27. The fourth-order valence-corrected chi connectivity index (χ4v) is 2.59. The molecule has 0 saturated heterocycles. The van der Waals surface area contributed by atoms with Crippen molar-refractivity contribution in [2.24, 2.45) is 5.18 Å². The van der Waals surface area contributed by atoms with E-state index >= 15 is 0 Å². The molecule has 0 amide bonds. The molecule has 1 aliphatic carbocycles. The van der Waals surface area contributed by atoms with Crippen LogP contribution in [0.2, 0.25) is 0 Å². The molecule has 1 aromatic rings. The van der Waals surface area contributed by atoms with Gasteiger partial charge < -0.3 is 5.32 Å². The van der Waals surface area contributed by atoms with Crippen LogP contribution in [-0.4, -0.2) is 12.3 Å². The minimum absolute atomic E-state index is 0.137. The number of hydrogen-bond donors (Lipinski definition) is 1. The zero-order valence-corrected chi connectivity index (χ0v) is 12.1. The molecular weight excluding hydrogens is 276 g/mol. The average Bonchev–Trinajstić information content (AvgIpc) is 2.59. The van der Waals surface area contributed by atoms with Crippen LogP contribution in [0.15, 0.2) is 70.6 Å². The van der Waals surface area contributed by atoms with Crippen LogP contribution in [0.25, 0.3) is 6.08 Å². The lowest BCUT2D eigenvalue weighted by atomic mass is 9.95. The van der Waals surface area contributed by atoms with Gasteiger partial charge in [-0.3, -0.25) is 4.79 Å². The summed E-state index contributed by atoms with van der Waals surface area (Å²) < 4.78 is 0. The van der Waals surface area contributed by atoms with Gasteiger partial charge in [0.05, 0.1) is 0 Å². The summed E-state index contributed by atoms with van der Waals surface area (Å²) >= 11 is 0.